The van der Waals surface area contributed by atoms with Gasteiger partial charge in [-0.05, 0) is 45.7 Å². The topological polar surface area (TPSA) is 18.5 Å². The molecule has 1 saturated heterocycles. The molecule has 116 valence electrons. The fraction of sp³-hybridized carbons (Fsp3) is 0.368. The van der Waals surface area contributed by atoms with E-state index in [1.54, 1.807) is 0 Å². The molecule has 0 radical (unpaired) electrons. The van der Waals surface area contributed by atoms with Crippen molar-refractivity contribution < 1.29 is 9.47 Å². The fourth-order valence-electron chi connectivity index (χ4n) is 2.79. The molecule has 0 amide bonds. The highest BCUT2D eigenvalue weighted by molar-refractivity contribution is 14.1. The van der Waals surface area contributed by atoms with Crippen LogP contribution in [0.25, 0.3) is 0 Å². The van der Waals surface area contributed by atoms with Crippen molar-refractivity contribution >= 4 is 22.6 Å². The van der Waals surface area contributed by atoms with Crippen LogP contribution in [0.3, 0.4) is 0 Å². The number of halogens is 1. The molecule has 1 fully saturated rings. The molecule has 1 aliphatic heterocycles. The number of ether oxygens (including phenoxy) is 2. The van der Waals surface area contributed by atoms with Crippen molar-refractivity contribution in [2.75, 3.05) is 13.2 Å². The van der Waals surface area contributed by atoms with Crippen LogP contribution in [-0.4, -0.2) is 13.2 Å². The Bertz CT molecular complexity index is 653. The Morgan fingerprint density at radius 2 is 1.59 bits per heavy atom. The van der Waals surface area contributed by atoms with E-state index in [4.69, 9.17) is 9.47 Å². The van der Waals surface area contributed by atoms with Crippen LogP contribution in [0.4, 0.5) is 0 Å². The lowest BCUT2D eigenvalue weighted by molar-refractivity contribution is -0.130. The highest BCUT2D eigenvalue weighted by atomic mass is 127. The van der Waals surface area contributed by atoms with E-state index in [0.29, 0.717) is 13.2 Å². The van der Waals surface area contributed by atoms with Crippen LogP contribution in [0.1, 0.15) is 37.5 Å². The molecule has 0 spiro atoms. The Labute approximate surface area is 146 Å². The van der Waals surface area contributed by atoms with Gasteiger partial charge in [0.25, 0.3) is 0 Å². The van der Waals surface area contributed by atoms with Gasteiger partial charge >= 0.3 is 0 Å². The van der Waals surface area contributed by atoms with E-state index < -0.39 is 5.79 Å². The minimum atomic E-state index is -0.779. The van der Waals surface area contributed by atoms with Crippen LogP contribution >= 0.6 is 22.6 Å². The van der Waals surface area contributed by atoms with E-state index in [1.165, 1.54) is 5.56 Å². The molecule has 1 heterocycles. The van der Waals surface area contributed by atoms with Gasteiger partial charge in [0, 0.05) is 14.7 Å². The summed E-state index contributed by atoms with van der Waals surface area (Å²) in [5.74, 6) is -0.779. The zero-order valence-corrected chi connectivity index (χ0v) is 15.4. The van der Waals surface area contributed by atoms with E-state index in [2.05, 4.69) is 73.7 Å². The first-order chi connectivity index (χ1) is 10.4. The Morgan fingerprint density at radius 1 is 0.955 bits per heavy atom. The summed E-state index contributed by atoms with van der Waals surface area (Å²) >= 11 is 2.37. The number of rotatable bonds is 2. The third kappa shape index (κ3) is 2.82. The normalized spacial score (nSPS) is 17.6. The summed E-state index contributed by atoms with van der Waals surface area (Å²) in [6.07, 6.45) is 0. The Kier molecular flexibility index (Phi) is 4.32. The summed E-state index contributed by atoms with van der Waals surface area (Å²) < 4.78 is 13.4. The van der Waals surface area contributed by atoms with Gasteiger partial charge in [-0.3, -0.25) is 0 Å². The maximum Gasteiger partial charge on any atom is 0.223 e. The van der Waals surface area contributed by atoms with Gasteiger partial charge in [0.2, 0.25) is 5.79 Å². The zero-order valence-electron chi connectivity index (χ0n) is 13.2. The average molecular weight is 408 g/mol. The second-order valence-corrected chi connectivity index (χ2v) is 7.79. The van der Waals surface area contributed by atoms with Crippen LogP contribution in [-0.2, 0) is 20.7 Å². The van der Waals surface area contributed by atoms with E-state index >= 15 is 0 Å². The molecule has 2 nitrogen and oxygen atoms in total. The number of benzene rings is 2. The van der Waals surface area contributed by atoms with Crippen LogP contribution in [0.2, 0.25) is 0 Å². The first-order valence-corrected chi connectivity index (χ1v) is 8.65. The maximum atomic E-state index is 6.13. The van der Waals surface area contributed by atoms with E-state index in [-0.39, 0.29) is 5.41 Å². The van der Waals surface area contributed by atoms with Crippen molar-refractivity contribution in [3.8, 4) is 0 Å². The first-order valence-electron chi connectivity index (χ1n) is 7.57. The van der Waals surface area contributed by atoms with Crippen molar-refractivity contribution in [2.24, 2.45) is 0 Å². The summed E-state index contributed by atoms with van der Waals surface area (Å²) in [7, 11) is 0. The largest absolute Gasteiger partial charge is 0.340 e. The van der Waals surface area contributed by atoms with Gasteiger partial charge in [0.1, 0.15) is 0 Å². The van der Waals surface area contributed by atoms with Gasteiger partial charge in [-0.1, -0.05) is 57.2 Å². The van der Waals surface area contributed by atoms with Crippen molar-refractivity contribution in [1.82, 2.24) is 0 Å². The molecule has 2 aromatic carbocycles. The first kappa shape index (κ1) is 16.0. The summed E-state index contributed by atoms with van der Waals surface area (Å²) in [4.78, 5) is 0. The molecule has 0 aromatic heterocycles. The third-order valence-corrected chi connectivity index (χ3v) is 4.98. The lowest BCUT2D eigenvalue weighted by Crippen LogP contribution is -2.30. The van der Waals surface area contributed by atoms with Crippen LogP contribution < -0.4 is 0 Å². The molecule has 0 N–H and O–H groups in total. The SMILES string of the molecule is CC(C)(C)c1ccc(I)c(C2(c3ccccc3)OCCO2)c1. The van der Waals surface area contributed by atoms with Gasteiger partial charge < -0.3 is 9.47 Å². The maximum absolute atomic E-state index is 6.13. The molecular formula is C19H21IO2. The fourth-order valence-corrected chi connectivity index (χ4v) is 3.48. The van der Waals surface area contributed by atoms with Gasteiger partial charge in [-0.15, -0.1) is 0 Å². The summed E-state index contributed by atoms with van der Waals surface area (Å²) in [5.41, 5.74) is 3.54. The van der Waals surface area contributed by atoms with Gasteiger partial charge in [-0.25, -0.2) is 0 Å². The minimum absolute atomic E-state index is 0.0928. The second kappa shape index (κ2) is 5.95. The van der Waals surface area contributed by atoms with E-state index in [9.17, 15) is 0 Å². The Hall–Kier alpha value is -0.910. The highest BCUT2D eigenvalue weighted by Gasteiger charge is 2.42. The molecule has 0 bridgehead atoms. The number of hydrogen-bond donors (Lipinski definition) is 0. The molecule has 22 heavy (non-hydrogen) atoms. The molecule has 0 saturated carbocycles. The van der Waals surface area contributed by atoms with Gasteiger partial charge in [-0.2, -0.15) is 0 Å². The van der Waals surface area contributed by atoms with E-state index in [0.717, 1.165) is 14.7 Å². The monoisotopic (exact) mass is 408 g/mol. The minimum Gasteiger partial charge on any atom is -0.340 e. The quantitative estimate of drug-likeness (QED) is 0.663. The van der Waals surface area contributed by atoms with Gasteiger partial charge in [0.15, 0.2) is 0 Å². The van der Waals surface area contributed by atoms with Crippen LogP contribution in [0, 0.1) is 3.57 Å². The summed E-state index contributed by atoms with van der Waals surface area (Å²) in [5, 5.41) is 0. The van der Waals surface area contributed by atoms with Crippen molar-refractivity contribution in [1.29, 1.82) is 0 Å². The van der Waals surface area contributed by atoms with Gasteiger partial charge in [0.05, 0.1) is 13.2 Å². The number of hydrogen-bond acceptors (Lipinski definition) is 2. The second-order valence-electron chi connectivity index (χ2n) is 6.62. The van der Waals surface area contributed by atoms with Crippen molar-refractivity contribution in [3.63, 3.8) is 0 Å². The zero-order chi connectivity index (χ0) is 15.8. The molecule has 3 heteroatoms. The molecular weight excluding hydrogens is 387 g/mol. The third-order valence-electron chi connectivity index (χ3n) is 4.03. The molecule has 2 aromatic rings. The van der Waals surface area contributed by atoms with Crippen LogP contribution in [0.5, 0.6) is 0 Å². The average Bonchev–Trinajstić information content (AvgIpc) is 2.98. The predicted octanol–water partition coefficient (Wildman–Crippen LogP) is 4.84. The molecule has 1 aliphatic rings. The molecule has 3 rings (SSSR count). The predicted molar refractivity (Wildman–Crippen MR) is 97.0 cm³/mol. The highest BCUT2D eigenvalue weighted by Crippen LogP contribution is 2.41. The Morgan fingerprint density at radius 3 is 2.18 bits per heavy atom. The Balaban J connectivity index is 2.18. The lowest BCUT2D eigenvalue weighted by Gasteiger charge is -2.31. The van der Waals surface area contributed by atoms with Crippen LogP contribution in [0.15, 0.2) is 48.5 Å². The summed E-state index contributed by atoms with van der Waals surface area (Å²) in [6.45, 7) is 7.91. The molecule has 0 atom stereocenters. The lowest BCUT2D eigenvalue weighted by atomic mass is 9.84. The summed E-state index contributed by atoms with van der Waals surface area (Å²) in [6, 6.07) is 16.8. The van der Waals surface area contributed by atoms with Crippen molar-refractivity contribution in [2.45, 2.75) is 32.0 Å². The smallest absolute Gasteiger partial charge is 0.223 e. The standard InChI is InChI=1S/C19H21IO2/c1-18(2,3)15-9-10-17(20)16(13-15)19(21-11-12-22-19)14-7-5-4-6-8-14/h4-10,13H,11-12H2,1-3H3. The molecule has 0 aliphatic carbocycles. The molecule has 0 unspecified atom stereocenters. The van der Waals surface area contributed by atoms with E-state index in [1.807, 2.05) is 18.2 Å². The van der Waals surface area contributed by atoms with Crippen molar-refractivity contribution in [3.05, 3.63) is 68.8 Å².